The number of phenolic OH excluding ortho intramolecular Hbond substituents is 1. The molecule has 68 valence electrons. The fourth-order valence-electron chi connectivity index (χ4n) is 0.824. The Labute approximate surface area is 85.4 Å². The van der Waals surface area contributed by atoms with E-state index in [0.29, 0.717) is 16.9 Å². The first-order valence-corrected chi connectivity index (χ1v) is 4.20. The first-order chi connectivity index (χ1) is 6.13. The summed E-state index contributed by atoms with van der Waals surface area (Å²) in [6, 6.07) is 4.49. The number of allylic oxidation sites excluding steroid dienone is 1. The predicted molar refractivity (Wildman–Crippen MR) is 53.0 cm³/mol. The zero-order valence-corrected chi connectivity index (χ0v) is 8.01. The van der Waals surface area contributed by atoms with Crippen molar-refractivity contribution >= 4 is 35.6 Å². The summed E-state index contributed by atoms with van der Waals surface area (Å²) < 4.78 is 0. The molecule has 0 aliphatic carbocycles. The minimum absolute atomic E-state index is 0.0116. The van der Waals surface area contributed by atoms with Crippen LogP contribution in [-0.4, -0.2) is 11.4 Å². The Morgan fingerprint density at radius 2 is 2.15 bits per heavy atom. The molecule has 1 aromatic rings. The van der Waals surface area contributed by atoms with E-state index in [4.69, 9.17) is 23.2 Å². The van der Waals surface area contributed by atoms with Crippen LogP contribution in [0.2, 0.25) is 5.02 Å². The van der Waals surface area contributed by atoms with Crippen LogP contribution < -0.4 is 0 Å². The lowest BCUT2D eigenvalue weighted by atomic mass is 10.2. The molecule has 1 N–H and O–H groups in total. The molecule has 0 aliphatic rings. The highest BCUT2D eigenvalue weighted by atomic mass is 35.5. The molecule has 0 saturated heterocycles. The standard InChI is InChI=1S/C9H6Cl2O2/c10-7-1-2-9(13)6(3-7)4-8(11)5-12/h1-5,13H/b8-4+. The quantitative estimate of drug-likeness (QED) is 0.610. The minimum atomic E-state index is 0.0116. The first-order valence-electron chi connectivity index (χ1n) is 3.44. The van der Waals surface area contributed by atoms with Crippen molar-refractivity contribution in [3.05, 3.63) is 33.8 Å². The van der Waals surface area contributed by atoms with Crippen LogP contribution in [0.25, 0.3) is 6.08 Å². The number of carbonyl (C=O) groups is 1. The van der Waals surface area contributed by atoms with E-state index in [1.807, 2.05) is 0 Å². The van der Waals surface area contributed by atoms with Crippen molar-refractivity contribution < 1.29 is 9.90 Å². The molecule has 0 bridgehead atoms. The number of aldehydes is 1. The van der Waals surface area contributed by atoms with Crippen molar-refractivity contribution in [3.8, 4) is 5.75 Å². The first kappa shape index (κ1) is 10.1. The molecular formula is C9H6Cl2O2. The largest absolute Gasteiger partial charge is 0.507 e. The van der Waals surface area contributed by atoms with Gasteiger partial charge in [-0.2, -0.15) is 0 Å². The Morgan fingerprint density at radius 3 is 2.77 bits per heavy atom. The Hall–Kier alpha value is -0.990. The lowest BCUT2D eigenvalue weighted by Crippen LogP contribution is -1.77. The molecule has 0 saturated carbocycles. The zero-order chi connectivity index (χ0) is 9.84. The summed E-state index contributed by atoms with van der Waals surface area (Å²) in [7, 11) is 0. The second kappa shape index (κ2) is 4.30. The normalized spacial score (nSPS) is 11.4. The van der Waals surface area contributed by atoms with Gasteiger partial charge in [0.2, 0.25) is 0 Å². The second-order valence-electron chi connectivity index (χ2n) is 2.35. The number of aromatic hydroxyl groups is 1. The van der Waals surface area contributed by atoms with E-state index in [2.05, 4.69) is 0 Å². The van der Waals surface area contributed by atoms with Crippen LogP contribution in [0.5, 0.6) is 5.75 Å². The number of phenols is 1. The average molecular weight is 217 g/mol. The number of hydrogen-bond acceptors (Lipinski definition) is 2. The Morgan fingerprint density at radius 1 is 1.46 bits per heavy atom. The molecule has 4 heteroatoms. The van der Waals surface area contributed by atoms with Gasteiger partial charge >= 0.3 is 0 Å². The van der Waals surface area contributed by atoms with Crippen LogP contribution in [0.4, 0.5) is 0 Å². The van der Waals surface area contributed by atoms with E-state index in [1.54, 1.807) is 6.07 Å². The maximum atomic E-state index is 10.2. The lowest BCUT2D eigenvalue weighted by molar-refractivity contribution is -0.104. The topological polar surface area (TPSA) is 37.3 Å². The maximum Gasteiger partial charge on any atom is 0.161 e. The molecular weight excluding hydrogens is 211 g/mol. The van der Waals surface area contributed by atoms with Crippen molar-refractivity contribution in [1.29, 1.82) is 0 Å². The fourth-order valence-corrected chi connectivity index (χ4v) is 1.12. The SMILES string of the molecule is O=C/C(Cl)=C\c1cc(Cl)ccc1O. The van der Waals surface area contributed by atoms with Gasteiger partial charge in [0.25, 0.3) is 0 Å². The number of hydrogen-bond donors (Lipinski definition) is 1. The molecule has 0 aliphatic heterocycles. The summed E-state index contributed by atoms with van der Waals surface area (Å²) in [6.45, 7) is 0. The molecule has 0 spiro atoms. The summed E-state index contributed by atoms with van der Waals surface area (Å²) >= 11 is 11.1. The van der Waals surface area contributed by atoms with Crippen LogP contribution in [-0.2, 0) is 4.79 Å². The molecule has 0 fully saturated rings. The molecule has 2 nitrogen and oxygen atoms in total. The smallest absolute Gasteiger partial charge is 0.161 e. The molecule has 0 amide bonds. The van der Waals surface area contributed by atoms with E-state index in [9.17, 15) is 9.90 Å². The minimum Gasteiger partial charge on any atom is -0.507 e. The third kappa shape index (κ3) is 2.76. The molecule has 13 heavy (non-hydrogen) atoms. The van der Waals surface area contributed by atoms with Crippen LogP contribution in [0.15, 0.2) is 23.2 Å². The Bertz CT molecular complexity index is 359. The van der Waals surface area contributed by atoms with Gasteiger partial charge in [-0.1, -0.05) is 23.2 Å². The van der Waals surface area contributed by atoms with Crippen molar-refractivity contribution in [2.24, 2.45) is 0 Å². The Kier molecular flexibility index (Phi) is 3.34. The van der Waals surface area contributed by atoms with Gasteiger partial charge in [-0.3, -0.25) is 4.79 Å². The number of carbonyl (C=O) groups excluding carboxylic acids is 1. The van der Waals surface area contributed by atoms with E-state index in [1.165, 1.54) is 18.2 Å². The van der Waals surface area contributed by atoms with Crippen LogP contribution in [0.1, 0.15) is 5.56 Å². The van der Waals surface area contributed by atoms with Crippen molar-refractivity contribution in [1.82, 2.24) is 0 Å². The maximum absolute atomic E-state index is 10.2. The molecule has 1 rings (SSSR count). The van der Waals surface area contributed by atoms with Crippen molar-refractivity contribution in [2.75, 3.05) is 0 Å². The summed E-state index contributed by atoms with van der Waals surface area (Å²) in [4.78, 5) is 10.2. The zero-order valence-electron chi connectivity index (χ0n) is 6.50. The average Bonchev–Trinajstić information content (AvgIpc) is 2.11. The van der Waals surface area contributed by atoms with Gasteiger partial charge in [-0.05, 0) is 24.3 Å². The van der Waals surface area contributed by atoms with Gasteiger partial charge in [0.1, 0.15) is 5.75 Å². The Balaban J connectivity index is 3.13. The molecule has 0 unspecified atom stereocenters. The van der Waals surface area contributed by atoms with Gasteiger partial charge in [-0.15, -0.1) is 0 Å². The fraction of sp³-hybridized carbons (Fsp3) is 0. The number of rotatable bonds is 2. The van der Waals surface area contributed by atoms with Gasteiger partial charge in [0, 0.05) is 10.6 Å². The van der Waals surface area contributed by atoms with E-state index in [0.717, 1.165) is 0 Å². The molecule has 1 aromatic carbocycles. The summed E-state index contributed by atoms with van der Waals surface area (Å²) in [5.74, 6) is 0.0319. The van der Waals surface area contributed by atoms with E-state index in [-0.39, 0.29) is 10.8 Å². The van der Waals surface area contributed by atoms with E-state index >= 15 is 0 Å². The van der Waals surface area contributed by atoms with Gasteiger partial charge in [0.05, 0.1) is 5.03 Å². The third-order valence-corrected chi connectivity index (χ3v) is 1.83. The number of halogens is 2. The molecule has 0 radical (unpaired) electrons. The highest BCUT2D eigenvalue weighted by Crippen LogP contribution is 2.24. The highest BCUT2D eigenvalue weighted by Gasteiger charge is 1.99. The van der Waals surface area contributed by atoms with Crippen LogP contribution >= 0.6 is 23.2 Å². The van der Waals surface area contributed by atoms with Crippen LogP contribution in [0.3, 0.4) is 0 Å². The van der Waals surface area contributed by atoms with Gasteiger partial charge in [-0.25, -0.2) is 0 Å². The molecule has 0 aromatic heterocycles. The van der Waals surface area contributed by atoms with Crippen LogP contribution in [0, 0.1) is 0 Å². The second-order valence-corrected chi connectivity index (χ2v) is 3.22. The third-order valence-electron chi connectivity index (χ3n) is 1.40. The summed E-state index contributed by atoms with van der Waals surface area (Å²) in [5.41, 5.74) is 0.421. The predicted octanol–water partition coefficient (Wildman–Crippen LogP) is 2.82. The van der Waals surface area contributed by atoms with Crippen molar-refractivity contribution in [2.45, 2.75) is 0 Å². The van der Waals surface area contributed by atoms with Gasteiger partial charge in [0.15, 0.2) is 6.29 Å². The van der Waals surface area contributed by atoms with Crippen molar-refractivity contribution in [3.63, 3.8) is 0 Å². The molecule has 0 atom stereocenters. The summed E-state index contributed by atoms with van der Waals surface area (Å²) in [5, 5.41) is 9.78. The summed E-state index contributed by atoms with van der Waals surface area (Å²) in [6.07, 6.45) is 1.83. The monoisotopic (exact) mass is 216 g/mol. The number of benzene rings is 1. The van der Waals surface area contributed by atoms with Gasteiger partial charge < -0.3 is 5.11 Å². The van der Waals surface area contributed by atoms with E-state index < -0.39 is 0 Å². The molecule has 0 heterocycles. The lowest BCUT2D eigenvalue weighted by Gasteiger charge is -1.98. The highest BCUT2D eigenvalue weighted by molar-refractivity contribution is 6.40.